The number of aromatic nitrogens is 2. The van der Waals surface area contributed by atoms with Crippen LogP contribution in [0.3, 0.4) is 0 Å². The van der Waals surface area contributed by atoms with E-state index in [0.717, 1.165) is 17.1 Å². The number of rotatable bonds is 5. The van der Waals surface area contributed by atoms with Crippen LogP contribution < -0.4 is 18.9 Å². The average Bonchev–Trinajstić information content (AvgIpc) is 2.77. The molecule has 1 aliphatic rings. The zero-order valence-electron chi connectivity index (χ0n) is 17.0. The van der Waals surface area contributed by atoms with Crippen molar-refractivity contribution in [3.8, 4) is 28.6 Å². The van der Waals surface area contributed by atoms with Gasteiger partial charge in [0.15, 0.2) is 17.3 Å². The summed E-state index contributed by atoms with van der Waals surface area (Å²) in [5, 5.41) is 15.0. The number of hydrogen-bond acceptors (Lipinski definition) is 7. The normalized spacial score (nSPS) is 15.8. The van der Waals surface area contributed by atoms with Crippen LogP contribution >= 0.6 is 23.4 Å². The highest BCUT2D eigenvalue weighted by Crippen LogP contribution is 2.46. The first kappa shape index (κ1) is 21.0. The van der Waals surface area contributed by atoms with Crippen molar-refractivity contribution in [1.82, 2.24) is 14.6 Å². The Kier molecular flexibility index (Phi) is 5.92. The van der Waals surface area contributed by atoms with Gasteiger partial charge in [-0.3, -0.25) is 0 Å². The van der Waals surface area contributed by atoms with E-state index < -0.39 is 4.65 Å². The number of hydroxylamine groups is 2. The minimum Gasteiger partial charge on any atom is -0.626 e. The third-order valence-electron chi connectivity index (χ3n) is 5.16. The van der Waals surface area contributed by atoms with E-state index in [9.17, 15) is 5.21 Å². The molecule has 1 saturated heterocycles. The van der Waals surface area contributed by atoms with E-state index in [1.54, 1.807) is 44.2 Å². The Morgan fingerprint density at radius 2 is 1.63 bits per heavy atom. The lowest BCUT2D eigenvalue weighted by atomic mass is 10.1. The number of hydrogen-bond donors (Lipinski definition) is 0. The van der Waals surface area contributed by atoms with Crippen LogP contribution in [-0.4, -0.2) is 55.9 Å². The molecule has 4 rings (SSSR count). The number of benzene rings is 2. The molecule has 0 bridgehead atoms. The largest absolute Gasteiger partial charge is 0.626 e. The Balaban J connectivity index is 2.06. The van der Waals surface area contributed by atoms with Gasteiger partial charge in [-0.05, 0) is 24.3 Å². The van der Waals surface area contributed by atoms with Gasteiger partial charge in [-0.2, -0.15) is 16.7 Å². The molecule has 0 unspecified atom stereocenters. The predicted octanol–water partition coefficient (Wildman–Crippen LogP) is 4.53. The molecule has 1 aromatic heterocycles. The maximum atomic E-state index is 13.8. The fourth-order valence-corrected chi connectivity index (χ4v) is 4.78. The summed E-state index contributed by atoms with van der Waals surface area (Å²) in [4.78, 5) is 9.49. The number of quaternary nitrogens is 1. The lowest BCUT2D eigenvalue weighted by Gasteiger charge is -2.43. The van der Waals surface area contributed by atoms with Crippen molar-refractivity contribution in [2.45, 2.75) is 0 Å². The van der Waals surface area contributed by atoms with E-state index in [1.165, 1.54) is 7.11 Å². The van der Waals surface area contributed by atoms with E-state index in [-0.39, 0.29) is 0 Å². The predicted molar refractivity (Wildman–Crippen MR) is 122 cm³/mol. The molecule has 0 aliphatic carbocycles. The summed E-state index contributed by atoms with van der Waals surface area (Å²) in [5.74, 6) is 3.68. The molecule has 3 aromatic rings. The Morgan fingerprint density at radius 1 is 0.967 bits per heavy atom. The third kappa shape index (κ3) is 3.65. The maximum absolute atomic E-state index is 13.8. The summed E-state index contributed by atoms with van der Waals surface area (Å²) >= 11 is 7.82. The zero-order chi connectivity index (χ0) is 21.3. The molecule has 0 radical (unpaired) electrons. The highest BCUT2D eigenvalue weighted by Gasteiger charge is 2.31. The van der Waals surface area contributed by atoms with Crippen molar-refractivity contribution in [3.05, 3.63) is 40.6 Å². The Morgan fingerprint density at radius 3 is 2.23 bits per heavy atom. The van der Waals surface area contributed by atoms with Crippen LogP contribution in [-0.2, 0) is 0 Å². The van der Waals surface area contributed by atoms with Crippen LogP contribution in [0, 0.1) is 5.21 Å². The smallest absolute Gasteiger partial charge is 0.239 e. The van der Waals surface area contributed by atoms with Gasteiger partial charge in [-0.1, -0.05) is 11.6 Å². The summed E-state index contributed by atoms with van der Waals surface area (Å²) in [5.41, 5.74) is 1.27. The first-order valence-electron chi connectivity index (χ1n) is 9.44. The Bertz CT molecular complexity index is 1070. The minimum absolute atomic E-state index is 0.406. The summed E-state index contributed by atoms with van der Waals surface area (Å²) < 4.78 is 16.2. The molecule has 2 heterocycles. The molecule has 0 spiro atoms. The monoisotopic (exact) mass is 447 g/mol. The van der Waals surface area contributed by atoms with Crippen molar-refractivity contribution in [1.29, 1.82) is 0 Å². The molecule has 30 heavy (non-hydrogen) atoms. The standard InChI is InChI=1S/C21H22ClN3O4S/c1-27-16-12-15-17(19(29-3)18(16)28-2)23-20(13-4-6-14(22)7-5-13)24-21(15)25(26)8-10-30-11-9-25/h4-7,12H,8-11H2,1-3H3. The molecule has 158 valence electrons. The SMILES string of the molecule is COc1cc2c([N+]3([O-])CCSCC3)nc(-c3ccc(Cl)cc3)nc2c(OC)c1OC. The fourth-order valence-electron chi connectivity index (χ4n) is 3.60. The van der Waals surface area contributed by atoms with Crippen molar-refractivity contribution < 1.29 is 14.2 Å². The average molecular weight is 448 g/mol. The van der Waals surface area contributed by atoms with Crippen molar-refractivity contribution in [3.63, 3.8) is 0 Å². The zero-order valence-corrected chi connectivity index (χ0v) is 18.5. The summed E-state index contributed by atoms with van der Waals surface area (Å²) in [6.45, 7) is 0.876. The quantitative estimate of drug-likeness (QED) is 0.420. The molecule has 2 aromatic carbocycles. The topological polar surface area (TPSA) is 76.5 Å². The van der Waals surface area contributed by atoms with E-state index in [1.807, 2.05) is 12.1 Å². The molecular weight excluding hydrogens is 426 g/mol. The second-order valence-electron chi connectivity index (χ2n) is 6.87. The number of methoxy groups -OCH3 is 3. The summed E-state index contributed by atoms with van der Waals surface area (Å²) in [7, 11) is 4.63. The number of nitrogens with zero attached hydrogens (tertiary/aromatic N) is 3. The lowest BCUT2D eigenvalue weighted by molar-refractivity contribution is 0.326. The van der Waals surface area contributed by atoms with Gasteiger partial charge in [0, 0.05) is 28.2 Å². The van der Waals surface area contributed by atoms with Crippen LogP contribution in [0.2, 0.25) is 5.02 Å². The molecule has 0 saturated carbocycles. The van der Waals surface area contributed by atoms with Gasteiger partial charge >= 0.3 is 0 Å². The second-order valence-corrected chi connectivity index (χ2v) is 8.53. The molecule has 0 amide bonds. The van der Waals surface area contributed by atoms with Crippen LogP contribution in [0.4, 0.5) is 5.82 Å². The maximum Gasteiger partial charge on any atom is 0.239 e. The fraction of sp³-hybridized carbons (Fsp3) is 0.333. The lowest BCUT2D eigenvalue weighted by Crippen LogP contribution is -2.50. The van der Waals surface area contributed by atoms with E-state index in [2.05, 4.69) is 0 Å². The van der Waals surface area contributed by atoms with Gasteiger partial charge < -0.3 is 24.1 Å². The first-order valence-corrected chi connectivity index (χ1v) is 11.0. The summed E-state index contributed by atoms with van der Waals surface area (Å²) in [6.07, 6.45) is 0. The first-order chi connectivity index (χ1) is 14.5. The van der Waals surface area contributed by atoms with Crippen molar-refractivity contribution >= 4 is 40.1 Å². The van der Waals surface area contributed by atoms with Crippen LogP contribution in [0.5, 0.6) is 17.2 Å². The van der Waals surface area contributed by atoms with Crippen molar-refractivity contribution in [2.75, 3.05) is 45.9 Å². The third-order valence-corrected chi connectivity index (χ3v) is 6.35. The molecule has 1 fully saturated rings. The number of fused-ring (bicyclic) bond motifs is 1. The number of ether oxygens (including phenoxy) is 3. The van der Waals surface area contributed by atoms with Gasteiger partial charge in [-0.15, -0.1) is 0 Å². The van der Waals surface area contributed by atoms with Crippen LogP contribution in [0.25, 0.3) is 22.3 Å². The molecule has 1 aliphatic heterocycles. The second kappa shape index (κ2) is 8.47. The van der Waals surface area contributed by atoms with E-state index >= 15 is 0 Å². The Labute approximate surface area is 184 Å². The Hall–Kier alpha value is -2.26. The van der Waals surface area contributed by atoms with E-state index in [4.69, 9.17) is 35.8 Å². The number of thioether (sulfide) groups is 1. The van der Waals surface area contributed by atoms with Crippen LogP contribution in [0.1, 0.15) is 0 Å². The van der Waals surface area contributed by atoms with E-state index in [0.29, 0.717) is 57.9 Å². The summed E-state index contributed by atoms with van der Waals surface area (Å²) in [6, 6.07) is 8.98. The van der Waals surface area contributed by atoms with Gasteiger partial charge in [0.05, 0.1) is 39.8 Å². The number of halogens is 1. The highest BCUT2D eigenvalue weighted by atomic mass is 35.5. The highest BCUT2D eigenvalue weighted by molar-refractivity contribution is 7.99. The molecule has 0 atom stereocenters. The van der Waals surface area contributed by atoms with Gasteiger partial charge in [0.25, 0.3) is 0 Å². The van der Waals surface area contributed by atoms with Gasteiger partial charge in [0.1, 0.15) is 5.52 Å². The molecule has 9 heteroatoms. The molecule has 7 nitrogen and oxygen atoms in total. The van der Waals surface area contributed by atoms with Crippen molar-refractivity contribution in [2.24, 2.45) is 0 Å². The molecular formula is C21H22ClN3O4S. The minimum atomic E-state index is -0.523. The van der Waals surface area contributed by atoms with Gasteiger partial charge in [-0.25, -0.2) is 4.98 Å². The molecule has 0 N–H and O–H groups in total. The van der Waals surface area contributed by atoms with Crippen LogP contribution in [0.15, 0.2) is 30.3 Å². The van der Waals surface area contributed by atoms with Gasteiger partial charge in [0.2, 0.25) is 11.6 Å².